The topological polar surface area (TPSA) is 114 Å². The minimum absolute atomic E-state index is 0.0409. The largest absolute Gasteiger partial charge is 0.500 e. The molecule has 0 amide bonds. The van der Waals surface area contributed by atoms with Crippen LogP contribution in [0.2, 0.25) is 5.02 Å². The number of methoxy groups -OCH3 is 1. The lowest BCUT2D eigenvalue weighted by Crippen LogP contribution is -2.27. The predicted octanol–water partition coefficient (Wildman–Crippen LogP) is 5.94. The van der Waals surface area contributed by atoms with Gasteiger partial charge in [-0.25, -0.2) is 0 Å². The van der Waals surface area contributed by atoms with Gasteiger partial charge >= 0.3 is 5.69 Å². The first-order valence-electron chi connectivity index (χ1n) is 11.1. The molecule has 0 fully saturated rings. The molecular formula is C26H22ClN3O5. The van der Waals surface area contributed by atoms with Crippen LogP contribution in [0.3, 0.4) is 0 Å². The number of nitro groups is 1. The van der Waals surface area contributed by atoms with Gasteiger partial charge in [0.1, 0.15) is 0 Å². The molecule has 178 valence electrons. The summed E-state index contributed by atoms with van der Waals surface area (Å²) >= 11 is 6.45. The van der Waals surface area contributed by atoms with E-state index in [1.807, 2.05) is 48.5 Å². The molecule has 2 atom stereocenters. The van der Waals surface area contributed by atoms with Gasteiger partial charge in [0.2, 0.25) is 5.75 Å². The number of phenolic OH excluding ortho intramolecular Hbond substituents is 1. The number of hydrogen-bond donors (Lipinski definition) is 3. The molecule has 0 bridgehead atoms. The number of halogens is 1. The number of nitrogens with one attached hydrogen (secondary N) is 2. The van der Waals surface area contributed by atoms with E-state index < -0.39 is 22.4 Å². The molecule has 1 aliphatic heterocycles. The fourth-order valence-electron chi connectivity index (χ4n) is 4.84. The van der Waals surface area contributed by atoms with E-state index in [0.29, 0.717) is 22.6 Å². The van der Waals surface area contributed by atoms with E-state index >= 15 is 0 Å². The Labute approximate surface area is 206 Å². The average Bonchev–Trinajstić information content (AvgIpc) is 3.01. The summed E-state index contributed by atoms with van der Waals surface area (Å²) in [6, 6.07) is 17.1. The van der Waals surface area contributed by atoms with E-state index in [1.54, 1.807) is 0 Å². The lowest BCUT2D eigenvalue weighted by molar-refractivity contribution is -0.386. The molecule has 0 radical (unpaired) electrons. The monoisotopic (exact) mass is 491 g/mol. The number of nitrogens with zero attached hydrogens (tertiary/aromatic N) is 1. The van der Waals surface area contributed by atoms with Crippen LogP contribution in [0.1, 0.15) is 35.9 Å². The van der Waals surface area contributed by atoms with E-state index in [9.17, 15) is 20.0 Å². The van der Waals surface area contributed by atoms with Crippen molar-refractivity contribution >= 4 is 34.4 Å². The number of carbonyl (C=O) groups excluding carboxylic acids is 1. The van der Waals surface area contributed by atoms with Crippen LogP contribution in [-0.2, 0) is 4.79 Å². The van der Waals surface area contributed by atoms with Crippen molar-refractivity contribution in [2.45, 2.75) is 24.8 Å². The minimum atomic E-state index is -0.700. The molecule has 0 unspecified atom stereocenters. The lowest BCUT2D eigenvalue weighted by Gasteiger charge is -2.30. The van der Waals surface area contributed by atoms with Crippen LogP contribution >= 0.6 is 11.6 Å². The smallest absolute Gasteiger partial charge is 0.315 e. The van der Waals surface area contributed by atoms with Crippen LogP contribution in [0.5, 0.6) is 11.5 Å². The first-order chi connectivity index (χ1) is 16.9. The summed E-state index contributed by atoms with van der Waals surface area (Å²) in [6.45, 7) is 0. The van der Waals surface area contributed by atoms with Crippen molar-refractivity contribution in [1.82, 2.24) is 0 Å². The molecule has 35 heavy (non-hydrogen) atoms. The Morgan fingerprint density at radius 2 is 1.80 bits per heavy atom. The molecule has 1 heterocycles. The Morgan fingerprint density at radius 1 is 1.09 bits per heavy atom. The Morgan fingerprint density at radius 3 is 2.51 bits per heavy atom. The van der Waals surface area contributed by atoms with Crippen LogP contribution in [0.15, 0.2) is 71.9 Å². The first kappa shape index (κ1) is 22.7. The number of carbonyl (C=O) groups is 1. The maximum atomic E-state index is 13.7. The van der Waals surface area contributed by atoms with Crippen molar-refractivity contribution in [2.75, 3.05) is 17.7 Å². The Balaban J connectivity index is 1.67. The summed E-state index contributed by atoms with van der Waals surface area (Å²) in [6.07, 6.45) is 0.782. The number of Topliss-reactive ketones (excluding diaryl/α,β-unsaturated/α-hetero) is 1. The molecule has 3 N–H and O–H groups in total. The molecule has 5 rings (SSSR count). The number of hydrogen-bond acceptors (Lipinski definition) is 7. The van der Waals surface area contributed by atoms with E-state index in [1.165, 1.54) is 19.2 Å². The molecule has 8 nitrogen and oxygen atoms in total. The molecule has 9 heteroatoms. The number of benzene rings is 3. The highest BCUT2D eigenvalue weighted by molar-refractivity contribution is 6.31. The Hall–Kier alpha value is -4.04. The van der Waals surface area contributed by atoms with Gasteiger partial charge in [0.25, 0.3) is 0 Å². The fraction of sp³-hybridized carbons (Fsp3) is 0.192. The second-order valence-corrected chi connectivity index (χ2v) is 8.95. The standard InChI is InChI=1S/C26H22ClN3O5/c1-35-23-13-15(11-21(26(23)32)30(33)34)25-24-20(28-18-8-4-5-9-19(18)29-25)10-14(12-22(24)31)16-6-2-3-7-17(16)27/h2-9,11,13-14,25,28-29,32H,10,12H2,1H3/t14-,25-/m1/s1. The highest BCUT2D eigenvalue weighted by atomic mass is 35.5. The van der Waals surface area contributed by atoms with Gasteiger partial charge in [0.05, 0.1) is 29.4 Å². The average molecular weight is 492 g/mol. The summed E-state index contributed by atoms with van der Waals surface area (Å²) in [4.78, 5) is 24.6. The van der Waals surface area contributed by atoms with Gasteiger partial charge in [0.15, 0.2) is 11.5 Å². The number of ketones is 1. The fourth-order valence-corrected chi connectivity index (χ4v) is 5.13. The number of allylic oxidation sites excluding steroid dienone is 1. The molecule has 2 aliphatic rings. The summed E-state index contributed by atoms with van der Waals surface area (Å²) < 4.78 is 5.21. The number of anilines is 2. The number of aromatic hydroxyl groups is 1. The molecular weight excluding hydrogens is 470 g/mol. The zero-order valence-electron chi connectivity index (χ0n) is 18.7. The number of ether oxygens (including phenoxy) is 1. The second-order valence-electron chi connectivity index (χ2n) is 8.54. The van der Waals surface area contributed by atoms with Gasteiger partial charge in [-0.15, -0.1) is 0 Å². The normalized spacial score (nSPS) is 19.1. The van der Waals surface area contributed by atoms with E-state index in [0.717, 1.165) is 22.6 Å². The maximum Gasteiger partial charge on any atom is 0.315 e. The van der Waals surface area contributed by atoms with Crippen molar-refractivity contribution < 1.29 is 19.6 Å². The molecule has 3 aromatic carbocycles. The van der Waals surface area contributed by atoms with E-state index in [-0.39, 0.29) is 23.9 Å². The third-order valence-electron chi connectivity index (χ3n) is 6.48. The lowest BCUT2D eigenvalue weighted by atomic mass is 9.78. The van der Waals surface area contributed by atoms with Crippen molar-refractivity contribution in [1.29, 1.82) is 0 Å². The van der Waals surface area contributed by atoms with Crippen LogP contribution in [-0.4, -0.2) is 22.9 Å². The van der Waals surface area contributed by atoms with Gasteiger partial charge in [-0.2, -0.15) is 0 Å². The zero-order chi connectivity index (χ0) is 24.7. The SMILES string of the molecule is COc1cc([C@H]2Nc3ccccc3NC3=C2C(=O)C[C@H](c2ccccc2Cl)C3)cc([N+](=O)[O-])c1O. The van der Waals surface area contributed by atoms with Gasteiger partial charge in [-0.05, 0) is 47.7 Å². The summed E-state index contributed by atoms with van der Waals surface area (Å²) in [5.74, 6) is -0.807. The first-order valence-corrected chi connectivity index (χ1v) is 11.4. The number of nitro benzene ring substituents is 1. The molecule has 3 aromatic rings. The molecule has 1 aliphatic carbocycles. The number of rotatable bonds is 4. The summed E-state index contributed by atoms with van der Waals surface area (Å²) in [7, 11) is 1.32. The summed E-state index contributed by atoms with van der Waals surface area (Å²) in [5.41, 5.74) is 3.58. The quantitative estimate of drug-likeness (QED) is 0.305. The molecule has 0 saturated heterocycles. The molecule has 0 aromatic heterocycles. The minimum Gasteiger partial charge on any atom is -0.500 e. The molecule has 0 spiro atoms. The van der Waals surface area contributed by atoms with Gasteiger partial charge in [0, 0.05) is 28.8 Å². The third-order valence-corrected chi connectivity index (χ3v) is 6.83. The van der Waals surface area contributed by atoms with Gasteiger partial charge in [-0.3, -0.25) is 14.9 Å². The van der Waals surface area contributed by atoms with Crippen LogP contribution in [0, 0.1) is 10.1 Å². The van der Waals surface area contributed by atoms with E-state index in [4.69, 9.17) is 16.3 Å². The second kappa shape index (κ2) is 8.96. The van der Waals surface area contributed by atoms with E-state index in [2.05, 4.69) is 10.6 Å². The Kier molecular flexibility index (Phi) is 5.82. The maximum absolute atomic E-state index is 13.7. The van der Waals surface area contributed by atoms with Crippen molar-refractivity contribution in [2.24, 2.45) is 0 Å². The van der Waals surface area contributed by atoms with Gasteiger partial charge < -0.3 is 20.5 Å². The van der Waals surface area contributed by atoms with Crippen LogP contribution in [0.4, 0.5) is 17.1 Å². The summed E-state index contributed by atoms with van der Waals surface area (Å²) in [5, 5.41) is 29.3. The number of fused-ring (bicyclic) bond motifs is 1. The zero-order valence-corrected chi connectivity index (χ0v) is 19.5. The van der Waals surface area contributed by atoms with Crippen LogP contribution < -0.4 is 15.4 Å². The van der Waals surface area contributed by atoms with Crippen LogP contribution in [0.25, 0.3) is 0 Å². The van der Waals surface area contributed by atoms with Gasteiger partial charge in [-0.1, -0.05) is 41.9 Å². The Bertz CT molecular complexity index is 1390. The van der Waals surface area contributed by atoms with Crippen molar-refractivity contribution in [3.8, 4) is 11.5 Å². The number of para-hydroxylation sites is 2. The predicted molar refractivity (Wildman–Crippen MR) is 133 cm³/mol. The van der Waals surface area contributed by atoms with Crippen molar-refractivity contribution in [3.05, 3.63) is 98.2 Å². The van der Waals surface area contributed by atoms with Crippen molar-refractivity contribution in [3.63, 3.8) is 0 Å². The highest BCUT2D eigenvalue weighted by Crippen LogP contribution is 2.47. The third kappa shape index (κ3) is 4.06. The molecule has 0 saturated carbocycles. The highest BCUT2D eigenvalue weighted by Gasteiger charge is 2.37. The number of phenols is 1.